The van der Waals surface area contributed by atoms with E-state index < -0.39 is 0 Å². The van der Waals surface area contributed by atoms with Crippen molar-refractivity contribution in [1.82, 2.24) is 4.98 Å². The Morgan fingerprint density at radius 2 is 1.72 bits per heavy atom. The minimum absolute atomic E-state index is 0.216. The lowest BCUT2D eigenvalue weighted by Crippen LogP contribution is -2.23. The molecule has 0 bridgehead atoms. The first kappa shape index (κ1) is 19.0. The number of nitrogens with one attached hydrogen (secondary N) is 1. The maximum Gasteiger partial charge on any atom is 0.257 e. The molecule has 0 aliphatic rings. The van der Waals surface area contributed by atoms with E-state index in [0.29, 0.717) is 11.4 Å². The molecule has 0 atom stereocenters. The molecule has 0 aliphatic heterocycles. The zero-order chi connectivity index (χ0) is 19.0. The second-order valence-electron chi connectivity index (χ2n) is 8.49. The maximum atomic E-state index is 12.9. The van der Waals surface area contributed by atoms with Crippen LogP contribution in [0.2, 0.25) is 0 Å². The number of amides is 1. The summed E-state index contributed by atoms with van der Waals surface area (Å²) < 4.78 is 0. The van der Waals surface area contributed by atoms with Gasteiger partial charge in [0.05, 0.1) is 0 Å². The largest absolute Gasteiger partial charge is 0.507 e. The molecule has 0 unspecified atom stereocenters. The Labute approximate surface area is 150 Å². The van der Waals surface area contributed by atoms with E-state index in [4.69, 9.17) is 0 Å². The molecule has 0 spiro atoms. The minimum atomic E-state index is -0.282. The van der Waals surface area contributed by atoms with Crippen LogP contribution in [-0.4, -0.2) is 16.0 Å². The van der Waals surface area contributed by atoms with Crippen LogP contribution in [-0.2, 0) is 10.8 Å². The molecule has 1 aromatic carbocycles. The van der Waals surface area contributed by atoms with Gasteiger partial charge in [0.1, 0.15) is 11.6 Å². The van der Waals surface area contributed by atoms with Crippen LogP contribution in [0.15, 0.2) is 30.5 Å². The number of aromatic nitrogens is 1. The summed E-state index contributed by atoms with van der Waals surface area (Å²) in [6, 6.07) is 7.19. The van der Waals surface area contributed by atoms with E-state index in [1.165, 1.54) is 0 Å². The first-order chi connectivity index (χ1) is 11.4. The maximum absolute atomic E-state index is 12.9. The lowest BCUT2D eigenvalue weighted by molar-refractivity contribution is 0.102. The Balaban J connectivity index is 2.63. The quantitative estimate of drug-likeness (QED) is 0.813. The number of carbonyl (C=O) groups excluding carboxylic acids is 1. The van der Waals surface area contributed by atoms with Gasteiger partial charge in [0.25, 0.3) is 5.91 Å². The molecule has 4 nitrogen and oxygen atoms in total. The highest BCUT2D eigenvalue weighted by molar-refractivity contribution is 6.05. The number of pyridine rings is 1. The van der Waals surface area contributed by atoms with Gasteiger partial charge < -0.3 is 10.4 Å². The molecule has 1 aromatic heterocycles. The van der Waals surface area contributed by atoms with Crippen molar-refractivity contribution in [3.63, 3.8) is 0 Å². The first-order valence-electron chi connectivity index (χ1n) is 8.53. The number of benzene rings is 1. The van der Waals surface area contributed by atoms with Crippen molar-refractivity contribution >= 4 is 11.7 Å². The predicted molar refractivity (Wildman–Crippen MR) is 102 cm³/mol. The summed E-state index contributed by atoms with van der Waals surface area (Å²) in [5, 5.41) is 13.7. The van der Waals surface area contributed by atoms with Crippen molar-refractivity contribution in [3.8, 4) is 5.75 Å². The molecule has 25 heavy (non-hydrogen) atoms. The third-order valence-electron chi connectivity index (χ3n) is 4.27. The Kier molecular flexibility index (Phi) is 4.94. The normalized spacial score (nSPS) is 12.1. The van der Waals surface area contributed by atoms with Crippen LogP contribution in [0.5, 0.6) is 5.75 Å². The van der Waals surface area contributed by atoms with Crippen molar-refractivity contribution in [3.05, 3.63) is 52.7 Å². The van der Waals surface area contributed by atoms with Crippen LogP contribution >= 0.6 is 0 Å². The average molecular weight is 340 g/mol. The molecule has 2 aromatic rings. The highest BCUT2D eigenvalue weighted by Gasteiger charge is 2.30. The Bertz CT molecular complexity index is 782. The molecule has 1 heterocycles. The lowest BCUT2D eigenvalue weighted by Gasteiger charge is -2.30. The van der Waals surface area contributed by atoms with Gasteiger partial charge in [0, 0.05) is 22.9 Å². The summed E-state index contributed by atoms with van der Waals surface area (Å²) in [4.78, 5) is 17.0. The summed E-state index contributed by atoms with van der Waals surface area (Å²) in [5.74, 6) is 0.577. The van der Waals surface area contributed by atoms with Gasteiger partial charge in [-0.2, -0.15) is 0 Å². The molecule has 4 heteroatoms. The van der Waals surface area contributed by atoms with Gasteiger partial charge in [-0.15, -0.1) is 0 Å². The monoisotopic (exact) mass is 340 g/mol. The lowest BCUT2D eigenvalue weighted by atomic mass is 9.76. The van der Waals surface area contributed by atoms with Gasteiger partial charge in [-0.25, -0.2) is 4.98 Å². The van der Waals surface area contributed by atoms with E-state index in [1.807, 2.05) is 54.5 Å². The Hall–Kier alpha value is -2.36. The van der Waals surface area contributed by atoms with Gasteiger partial charge in [0.2, 0.25) is 0 Å². The molecular weight excluding hydrogens is 312 g/mol. The van der Waals surface area contributed by atoms with E-state index >= 15 is 0 Å². The van der Waals surface area contributed by atoms with Crippen LogP contribution < -0.4 is 5.32 Å². The third kappa shape index (κ3) is 4.01. The number of phenols is 1. The van der Waals surface area contributed by atoms with Gasteiger partial charge in [0.15, 0.2) is 0 Å². The van der Waals surface area contributed by atoms with E-state index in [2.05, 4.69) is 10.3 Å². The smallest absolute Gasteiger partial charge is 0.257 e. The Morgan fingerprint density at radius 3 is 2.20 bits per heavy atom. The number of rotatable bonds is 2. The fraction of sp³-hybridized carbons (Fsp3) is 0.429. The molecule has 0 fully saturated rings. The summed E-state index contributed by atoms with van der Waals surface area (Å²) >= 11 is 0. The van der Waals surface area contributed by atoms with Crippen molar-refractivity contribution in [2.45, 2.75) is 59.3 Å². The second kappa shape index (κ2) is 6.51. The zero-order valence-corrected chi connectivity index (χ0v) is 16.2. The number of phenolic OH excluding ortho intramolecular Hbond substituents is 1. The first-order valence-corrected chi connectivity index (χ1v) is 8.53. The van der Waals surface area contributed by atoms with Gasteiger partial charge >= 0.3 is 0 Å². The molecular formula is C21H28N2O2. The molecule has 0 saturated carbocycles. The fourth-order valence-corrected chi connectivity index (χ4v) is 3.11. The molecule has 0 radical (unpaired) electrons. The summed E-state index contributed by atoms with van der Waals surface area (Å²) in [6.45, 7) is 14.1. The number of hydrogen-bond donors (Lipinski definition) is 2. The van der Waals surface area contributed by atoms with Crippen LogP contribution in [0.3, 0.4) is 0 Å². The average Bonchev–Trinajstić information content (AvgIpc) is 2.45. The van der Waals surface area contributed by atoms with E-state index in [-0.39, 0.29) is 22.5 Å². The van der Waals surface area contributed by atoms with Gasteiger partial charge in [-0.3, -0.25) is 4.79 Å². The second-order valence-corrected chi connectivity index (χ2v) is 8.49. The Morgan fingerprint density at radius 1 is 1.08 bits per heavy atom. The van der Waals surface area contributed by atoms with Gasteiger partial charge in [-0.05, 0) is 41.5 Å². The fourth-order valence-electron chi connectivity index (χ4n) is 3.11. The number of nitrogens with zero attached hydrogens (tertiary/aromatic N) is 1. The van der Waals surface area contributed by atoms with E-state index in [0.717, 1.165) is 16.7 Å². The zero-order valence-electron chi connectivity index (χ0n) is 16.2. The van der Waals surface area contributed by atoms with Crippen molar-refractivity contribution in [2.75, 3.05) is 5.32 Å². The number of aromatic hydroxyl groups is 1. The van der Waals surface area contributed by atoms with Gasteiger partial charge in [-0.1, -0.05) is 47.6 Å². The summed E-state index contributed by atoms with van der Waals surface area (Å²) in [5.41, 5.74) is 2.39. The molecule has 2 N–H and O–H groups in total. The third-order valence-corrected chi connectivity index (χ3v) is 4.27. The topological polar surface area (TPSA) is 62.2 Å². The predicted octanol–water partition coefficient (Wildman–Crippen LogP) is 4.94. The van der Waals surface area contributed by atoms with Crippen LogP contribution in [0.1, 0.15) is 68.6 Å². The number of carbonyl (C=O) groups is 1. The van der Waals surface area contributed by atoms with Crippen LogP contribution in [0.25, 0.3) is 0 Å². The molecule has 1 amide bonds. The van der Waals surface area contributed by atoms with E-state index in [9.17, 15) is 9.90 Å². The minimum Gasteiger partial charge on any atom is -0.507 e. The SMILES string of the molecule is Cc1c(C(=O)Nc2ccccn2)cc(C(C)(C)C)c(O)c1C(C)(C)C. The number of anilines is 1. The highest BCUT2D eigenvalue weighted by Crippen LogP contribution is 2.42. The van der Waals surface area contributed by atoms with Crippen molar-refractivity contribution in [1.29, 1.82) is 0 Å². The summed E-state index contributed by atoms with van der Waals surface area (Å²) in [7, 11) is 0. The molecule has 2 rings (SSSR count). The van der Waals surface area contributed by atoms with Crippen molar-refractivity contribution < 1.29 is 9.90 Å². The van der Waals surface area contributed by atoms with Crippen LogP contribution in [0, 0.1) is 6.92 Å². The highest BCUT2D eigenvalue weighted by atomic mass is 16.3. The molecule has 134 valence electrons. The molecule has 0 aliphatic carbocycles. The molecule has 0 saturated heterocycles. The van der Waals surface area contributed by atoms with E-state index in [1.54, 1.807) is 24.4 Å². The summed E-state index contributed by atoms with van der Waals surface area (Å²) in [6.07, 6.45) is 1.64. The van der Waals surface area contributed by atoms with Crippen molar-refractivity contribution in [2.24, 2.45) is 0 Å². The number of hydrogen-bond acceptors (Lipinski definition) is 3. The van der Waals surface area contributed by atoms with Crippen LogP contribution in [0.4, 0.5) is 5.82 Å². The standard InChI is InChI=1S/C21H28N2O2/c1-13-14(19(25)23-16-10-8-9-11-22-16)12-15(20(2,3)4)18(24)17(13)21(5,6)7/h8-12,24H,1-7H3,(H,22,23,25).